The summed E-state index contributed by atoms with van der Waals surface area (Å²) in [6.45, 7) is 0. The van der Waals surface area contributed by atoms with Gasteiger partial charge in [0.05, 0.1) is 11.9 Å². The van der Waals surface area contributed by atoms with Crippen LogP contribution >= 0.6 is 0 Å². The van der Waals surface area contributed by atoms with E-state index in [0.717, 1.165) is 11.1 Å². The number of carboxylic acid groups (broad SMARTS) is 1. The third-order valence-electron chi connectivity index (χ3n) is 4.79. The van der Waals surface area contributed by atoms with Crippen LogP contribution in [0, 0.1) is 0 Å². The minimum Gasteiger partial charge on any atom is -0.478 e. The van der Waals surface area contributed by atoms with Crippen LogP contribution in [0.3, 0.4) is 0 Å². The highest BCUT2D eigenvalue weighted by molar-refractivity contribution is 6.04. The van der Waals surface area contributed by atoms with E-state index in [9.17, 15) is 14.7 Å². The van der Waals surface area contributed by atoms with Crippen molar-refractivity contribution in [2.75, 3.05) is 0 Å². The summed E-state index contributed by atoms with van der Waals surface area (Å²) in [7, 11) is 0. The molecule has 1 aromatic heterocycles. The zero-order valence-corrected chi connectivity index (χ0v) is 13.4. The van der Waals surface area contributed by atoms with Gasteiger partial charge in [-0.2, -0.15) is 0 Å². The summed E-state index contributed by atoms with van der Waals surface area (Å²) >= 11 is 0. The lowest BCUT2D eigenvalue weighted by Crippen LogP contribution is -2.32. The number of fused-ring (bicyclic) bond motifs is 1. The van der Waals surface area contributed by atoms with Crippen molar-refractivity contribution in [3.63, 3.8) is 0 Å². The molecule has 1 heterocycles. The number of carboxylic acids is 1. The van der Waals surface area contributed by atoms with Gasteiger partial charge in [-0.25, -0.2) is 9.78 Å². The molecule has 124 valence electrons. The summed E-state index contributed by atoms with van der Waals surface area (Å²) in [4.78, 5) is 28.6. The van der Waals surface area contributed by atoms with E-state index in [2.05, 4.69) is 4.98 Å². The molecular weight excluding hydrogens is 316 g/mol. The van der Waals surface area contributed by atoms with Gasteiger partial charge >= 0.3 is 5.97 Å². The predicted molar refractivity (Wildman–Crippen MR) is 91.9 cm³/mol. The van der Waals surface area contributed by atoms with E-state index in [1.165, 1.54) is 6.07 Å². The fourth-order valence-corrected chi connectivity index (χ4v) is 3.58. The molecule has 0 saturated heterocycles. The van der Waals surface area contributed by atoms with E-state index in [4.69, 9.17) is 0 Å². The first kappa shape index (κ1) is 15.3. The summed E-state index contributed by atoms with van der Waals surface area (Å²) in [5.74, 6) is -1.12. The number of carbonyl (C=O) groups is 2. The molecule has 1 N–H and O–H groups in total. The number of benzene rings is 2. The molecule has 0 amide bonds. The van der Waals surface area contributed by atoms with Crippen molar-refractivity contribution in [1.82, 2.24) is 9.55 Å². The normalized spacial score (nSPS) is 19.4. The van der Waals surface area contributed by atoms with Crippen LogP contribution < -0.4 is 0 Å². The van der Waals surface area contributed by atoms with Gasteiger partial charge < -0.3 is 9.67 Å². The second kappa shape index (κ2) is 6.02. The maximum absolute atomic E-state index is 13.2. The fourth-order valence-electron chi connectivity index (χ4n) is 3.58. The molecule has 2 atom stereocenters. The standard InChI is InChI=1S/C20H16N2O3/c23-19-17-11-15(20(24)25)7-6-14(17)10-16(13-4-2-1-3-5-13)18(19)22-9-8-21-12-22/h1-9,11-12,16,18H,10H2,(H,24,25). The highest BCUT2D eigenvalue weighted by atomic mass is 16.4. The lowest BCUT2D eigenvalue weighted by molar-refractivity contribution is 0.0697. The molecule has 1 aliphatic carbocycles. The minimum absolute atomic E-state index is 0.0221. The molecule has 0 radical (unpaired) electrons. The molecule has 25 heavy (non-hydrogen) atoms. The molecular formula is C20H16N2O3. The molecule has 0 aliphatic heterocycles. The van der Waals surface area contributed by atoms with Crippen LogP contribution in [0.2, 0.25) is 0 Å². The molecule has 0 saturated carbocycles. The topological polar surface area (TPSA) is 72.2 Å². The number of nitrogens with zero attached hydrogens (tertiary/aromatic N) is 2. The van der Waals surface area contributed by atoms with Gasteiger partial charge in [0.2, 0.25) is 0 Å². The Morgan fingerprint density at radius 2 is 1.96 bits per heavy atom. The van der Waals surface area contributed by atoms with Crippen molar-refractivity contribution in [3.8, 4) is 0 Å². The number of aromatic nitrogens is 2. The maximum Gasteiger partial charge on any atom is 0.335 e. The number of ketones is 1. The van der Waals surface area contributed by atoms with Crippen LogP contribution in [0.15, 0.2) is 67.3 Å². The Morgan fingerprint density at radius 3 is 2.64 bits per heavy atom. The quantitative estimate of drug-likeness (QED) is 0.798. The van der Waals surface area contributed by atoms with Gasteiger partial charge in [0.15, 0.2) is 5.78 Å². The molecule has 4 rings (SSSR count). The van der Waals surface area contributed by atoms with E-state index >= 15 is 0 Å². The highest BCUT2D eigenvalue weighted by Gasteiger charge is 2.37. The first-order chi connectivity index (χ1) is 12.1. The minimum atomic E-state index is -1.03. The second-order valence-electron chi connectivity index (χ2n) is 6.22. The summed E-state index contributed by atoms with van der Waals surface area (Å²) in [5.41, 5.74) is 2.60. The monoisotopic (exact) mass is 332 g/mol. The average molecular weight is 332 g/mol. The molecule has 2 aromatic carbocycles. The van der Waals surface area contributed by atoms with Crippen molar-refractivity contribution >= 4 is 11.8 Å². The first-order valence-corrected chi connectivity index (χ1v) is 8.08. The van der Waals surface area contributed by atoms with Gasteiger partial charge in [0.1, 0.15) is 6.04 Å². The SMILES string of the molecule is O=C(O)c1ccc2c(c1)C(=O)C(n1ccnc1)C(c1ccccc1)C2. The predicted octanol–water partition coefficient (Wildman–Crippen LogP) is 3.35. The fraction of sp³-hybridized carbons (Fsp3) is 0.150. The Bertz CT molecular complexity index is 933. The summed E-state index contributed by atoms with van der Waals surface area (Å²) in [6, 6.07) is 14.3. The second-order valence-corrected chi connectivity index (χ2v) is 6.22. The zero-order chi connectivity index (χ0) is 17.4. The van der Waals surface area contributed by atoms with Gasteiger partial charge in [0.25, 0.3) is 0 Å². The van der Waals surface area contributed by atoms with E-state index < -0.39 is 12.0 Å². The van der Waals surface area contributed by atoms with Crippen LogP contribution in [0.1, 0.15) is 43.8 Å². The van der Waals surface area contributed by atoms with Crippen molar-refractivity contribution in [2.24, 2.45) is 0 Å². The Balaban J connectivity index is 1.86. The number of imidazole rings is 1. The smallest absolute Gasteiger partial charge is 0.335 e. The van der Waals surface area contributed by atoms with Crippen molar-refractivity contribution in [3.05, 3.63) is 89.5 Å². The lowest BCUT2D eigenvalue weighted by atomic mass is 9.75. The summed E-state index contributed by atoms with van der Waals surface area (Å²) < 4.78 is 1.82. The summed E-state index contributed by atoms with van der Waals surface area (Å²) in [5, 5.41) is 9.23. The van der Waals surface area contributed by atoms with Gasteiger partial charge in [-0.05, 0) is 29.7 Å². The van der Waals surface area contributed by atoms with Crippen LogP contribution in [0.5, 0.6) is 0 Å². The van der Waals surface area contributed by atoms with Gasteiger partial charge in [-0.3, -0.25) is 4.79 Å². The molecule has 0 spiro atoms. The third-order valence-corrected chi connectivity index (χ3v) is 4.79. The van der Waals surface area contributed by atoms with E-state index in [1.54, 1.807) is 30.9 Å². The molecule has 1 aliphatic rings. The maximum atomic E-state index is 13.2. The van der Waals surface area contributed by atoms with Crippen LogP contribution in [0.4, 0.5) is 0 Å². The number of hydrogen-bond acceptors (Lipinski definition) is 3. The molecule has 0 fully saturated rings. The lowest BCUT2D eigenvalue weighted by Gasteiger charge is -2.33. The average Bonchev–Trinajstić information content (AvgIpc) is 3.16. The van der Waals surface area contributed by atoms with Gasteiger partial charge in [0, 0.05) is 23.9 Å². The van der Waals surface area contributed by atoms with Crippen LogP contribution in [0.25, 0.3) is 0 Å². The van der Waals surface area contributed by atoms with E-state index in [1.807, 2.05) is 34.9 Å². The van der Waals surface area contributed by atoms with Crippen LogP contribution in [-0.4, -0.2) is 26.4 Å². The Kier molecular flexibility index (Phi) is 3.69. The zero-order valence-electron chi connectivity index (χ0n) is 13.4. The third kappa shape index (κ3) is 2.63. The Morgan fingerprint density at radius 1 is 1.16 bits per heavy atom. The van der Waals surface area contributed by atoms with E-state index in [-0.39, 0.29) is 17.3 Å². The molecule has 5 heteroatoms. The van der Waals surface area contributed by atoms with Gasteiger partial charge in [-0.1, -0.05) is 36.4 Å². The van der Waals surface area contributed by atoms with Gasteiger partial charge in [-0.15, -0.1) is 0 Å². The Hall–Kier alpha value is -3.21. The molecule has 5 nitrogen and oxygen atoms in total. The first-order valence-electron chi connectivity index (χ1n) is 8.08. The van der Waals surface area contributed by atoms with Crippen LogP contribution in [-0.2, 0) is 6.42 Å². The Labute approximate surface area is 144 Å². The van der Waals surface area contributed by atoms with Crippen molar-refractivity contribution < 1.29 is 14.7 Å². The van der Waals surface area contributed by atoms with Crippen molar-refractivity contribution in [2.45, 2.75) is 18.4 Å². The number of carbonyl (C=O) groups excluding carboxylic acids is 1. The number of rotatable bonds is 3. The molecule has 3 aromatic rings. The molecule has 2 unspecified atom stereocenters. The van der Waals surface area contributed by atoms with Crippen molar-refractivity contribution in [1.29, 1.82) is 0 Å². The highest BCUT2D eigenvalue weighted by Crippen LogP contribution is 2.40. The largest absolute Gasteiger partial charge is 0.478 e. The number of hydrogen-bond donors (Lipinski definition) is 1. The summed E-state index contributed by atoms with van der Waals surface area (Å²) in [6.07, 6.45) is 5.75. The molecule has 0 bridgehead atoms. The number of aromatic carboxylic acids is 1. The number of Topliss-reactive ketones (excluding diaryl/α,β-unsaturated/α-hetero) is 1. The van der Waals surface area contributed by atoms with E-state index in [0.29, 0.717) is 12.0 Å².